The van der Waals surface area contributed by atoms with Crippen molar-refractivity contribution in [2.45, 2.75) is 14.9 Å². The molecule has 0 aromatic rings. The van der Waals surface area contributed by atoms with Crippen molar-refractivity contribution in [3.8, 4) is 0 Å². The van der Waals surface area contributed by atoms with Crippen molar-refractivity contribution in [2.75, 3.05) is 0 Å². The third-order valence-corrected chi connectivity index (χ3v) is 0. The molecule has 0 aromatic carbocycles. The molecule has 9 heavy (non-hydrogen) atoms. The molecule has 54 valence electrons. The quantitative estimate of drug-likeness (QED) is 0.232. The normalized spacial score (nSPS) is 2.89. The van der Waals surface area contributed by atoms with E-state index in [0.29, 0.717) is 0 Å². The summed E-state index contributed by atoms with van der Waals surface area (Å²) in [6, 6.07) is 0. The summed E-state index contributed by atoms with van der Waals surface area (Å²) in [5.74, 6) is 0. The molecule has 0 amide bonds. The first-order valence-electron chi connectivity index (χ1n) is 0.847. The minimum atomic E-state index is 0. The Bertz CT molecular complexity index is 46.2. The molecule has 0 saturated carbocycles. The fourth-order valence-corrected chi connectivity index (χ4v) is 0. The Labute approximate surface area is 105 Å². The molecule has 1 unspecified atom stereocenters. The number of rotatable bonds is 0. The van der Waals surface area contributed by atoms with Crippen LogP contribution in [0.15, 0.2) is 9.86 Å². The van der Waals surface area contributed by atoms with Gasteiger partial charge in [-0.25, -0.2) is 0 Å². The van der Waals surface area contributed by atoms with Crippen LogP contribution >= 0.6 is 18.4 Å². The van der Waals surface area contributed by atoms with E-state index in [-0.39, 0.29) is 67.7 Å². The molecule has 0 rings (SSSR count). The molecule has 0 fully saturated rings. The molecule has 1 atom stereocenters. The smallest absolute Gasteiger partial charge is 1.00 e. The molecule has 0 aliphatic carbocycles. The van der Waals surface area contributed by atoms with Gasteiger partial charge in [0.15, 0.2) is 0 Å². The van der Waals surface area contributed by atoms with Gasteiger partial charge in [-0.2, -0.15) is 0 Å². The first-order chi connectivity index (χ1) is 2.83. The van der Waals surface area contributed by atoms with Crippen molar-refractivity contribution in [1.82, 2.24) is 0 Å². The number of hydrogen-bond acceptors (Lipinski definition) is 4. The maximum Gasteiger partial charge on any atom is 1.00 e. The fraction of sp³-hybridized carbons (Fsp3) is 1.00. The second-order valence-electron chi connectivity index (χ2n) is 0.197. The standard InChI is InChI=1S/2CH4.K.2H2NOP.H/c;;;2*2-1-3;/h2*1H4;;3H2;2-3H;/q;;+1;;;-1/p-1. The van der Waals surface area contributed by atoms with Crippen LogP contribution in [0.2, 0.25) is 0 Å². The van der Waals surface area contributed by atoms with Gasteiger partial charge in [-0.1, -0.05) is 19.8 Å². The minimum Gasteiger partial charge on any atom is -1.00 e. The Hall–Kier alpha value is 1.73. The number of hydrogen-bond donors (Lipinski definition) is 0. The molecule has 0 aliphatic rings. The Morgan fingerprint density at radius 3 is 1.56 bits per heavy atom. The Morgan fingerprint density at radius 1 is 1.56 bits per heavy atom. The Kier molecular flexibility index (Phi) is 183. The molecule has 0 aromatic heterocycles. The first-order valence-corrected chi connectivity index (χ1v) is 1.81. The van der Waals surface area contributed by atoms with Crippen molar-refractivity contribution >= 4 is 18.4 Å². The van der Waals surface area contributed by atoms with Crippen LogP contribution in [-0.4, -0.2) is 0 Å². The van der Waals surface area contributed by atoms with Crippen LogP contribution in [0.1, 0.15) is 16.3 Å². The van der Waals surface area contributed by atoms with E-state index < -0.39 is 0 Å². The van der Waals surface area contributed by atoms with Crippen LogP contribution < -0.4 is 51.4 Å². The Balaban J connectivity index is -0.00000000571. The molecule has 0 aliphatic heterocycles. The molecule has 7 heteroatoms. The van der Waals surface area contributed by atoms with E-state index in [0.717, 1.165) is 0 Å². The van der Waals surface area contributed by atoms with E-state index >= 15 is 0 Å². The van der Waals surface area contributed by atoms with Crippen LogP contribution in [-0.2, 0) is 0 Å². The zero-order valence-electron chi connectivity index (χ0n) is 4.79. The monoisotopic (exact) mass is 197 g/mol. The van der Waals surface area contributed by atoms with E-state index in [9.17, 15) is 0 Å². The minimum absolute atomic E-state index is 0. The third-order valence-electron chi connectivity index (χ3n) is 0. The number of nitroso groups, excluding NO2 is 1. The summed E-state index contributed by atoms with van der Waals surface area (Å²) in [7, 11) is 3.90. The summed E-state index contributed by atoms with van der Waals surface area (Å²) in [6.45, 7) is 0. The molecular formula is C2H12KN2O2P2-. The van der Waals surface area contributed by atoms with E-state index in [4.69, 9.17) is 10.1 Å². The average Bonchev–Trinajstić information content (AvgIpc) is 1.39. The van der Waals surface area contributed by atoms with Gasteiger partial charge in [-0.15, -0.1) is 4.91 Å². The molecule has 0 radical (unpaired) electrons. The van der Waals surface area contributed by atoms with Gasteiger partial charge in [0.25, 0.3) is 0 Å². The summed E-state index contributed by atoms with van der Waals surface area (Å²) in [6.07, 6.45) is 0. The third kappa shape index (κ3) is 195. The molecule has 0 bridgehead atoms. The predicted molar refractivity (Wildman–Crippen MR) is 44.2 cm³/mol. The van der Waals surface area contributed by atoms with E-state index in [1.165, 1.54) is 0 Å². The van der Waals surface area contributed by atoms with Crippen molar-refractivity contribution in [1.29, 1.82) is 0 Å². The zero-order valence-corrected chi connectivity index (χ0v) is 9.07. The molecule has 0 spiro atoms. The first kappa shape index (κ1) is 30.9. The Morgan fingerprint density at radius 2 is 1.56 bits per heavy atom. The average molecular weight is 197 g/mol. The van der Waals surface area contributed by atoms with Crippen LogP contribution in [0.4, 0.5) is 0 Å². The molecule has 0 heterocycles. The summed E-state index contributed by atoms with van der Waals surface area (Å²) in [5, 5.41) is 8.47. The van der Waals surface area contributed by atoms with Gasteiger partial charge in [-0.05, 0) is 9.03 Å². The van der Waals surface area contributed by atoms with Gasteiger partial charge in [0.05, 0.1) is 0 Å². The van der Waals surface area contributed by atoms with Gasteiger partial charge in [-0.3, -0.25) is 0 Å². The van der Waals surface area contributed by atoms with Gasteiger partial charge >= 0.3 is 51.4 Å². The van der Waals surface area contributed by atoms with Crippen LogP contribution in [0.5, 0.6) is 0 Å². The predicted octanol–water partition coefficient (Wildman–Crippen LogP) is -0.258. The summed E-state index contributed by atoms with van der Waals surface area (Å²) in [5.41, 5.74) is 0. The largest absolute Gasteiger partial charge is 1.00 e. The van der Waals surface area contributed by atoms with E-state index in [1.807, 2.05) is 0 Å². The molecule has 0 N–H and O–H groups in total. The van der Waals surface area contributed by atoms with Crippen LogP contribution in [0, 0.1) is 10.1 Å². The second-order valence-corrected chi connectivity index (χ2v) is 0.590. The summed E-state index contributed by atoms with van der Waals surface area (Å²) in [4.78, 5) is 12.7. The van der Waals surface area contributed by atoms with Gasteiger partial charge in [0, 0.05) is 9.39 Å². The fourth-order valence-electron chi connectivity index (χ4n) is 0. The zero-order chi connectivity index (χ0) is 5.41. The van der Waals surface area contributed by atoms with Gasteiger partial charge in [0.1, 0.15) is 0 Å². The van der Waals surface area contributed by atoms with Crippen molar-refractivity contribution in [3.05, 3.63) is 10.1 Å². The van der Waals surface area contributed by atoms with Gasteiger partial charge in [0.2, 0.25) is 0 Å². The summed E-state index contributed by atoms with van der Waals surface area (Å²) >= 11 is 0. The van der Waals surface area contributed by atoms with Crippen molar-refractivity contribution in [2.24, 2.45) is 9.86 Å². The maximum absolute atomic E-state index is 8.52. The molecule has 4 nitrogen and oxygen atoms in total. The van der Waals surface area contributed by atoms with E-state index in [1.54, 1.807) is 9.39 Å². The topological polar surface area (TPSA) is 64.8 Å². The molecular weight excluding hydrogens is 185 g/mol. The SMILES string of the molecule is C.C.O=NP.[H-].[K+].[O-]N=P. The maximum atomic E-state index is 8.52. The number of nitrogens with zero attached hydrogens (tertiary/aromatic N) is 2. The van der Waals surface area contributed by atoms with Crippen molar-refractivity contribution in [3.63, 3.8) is 0 Å². The molecule has 0 saturated heterocycles. The van der Waals surface area contributed by atoms with Crippen LogP contribution in [0.3, 0.4) is 0 Å². The van der Waals surface area contributed by atoms with Crippen molar-refractivity contribution < 1.29 is 52.8 Å². The van der Waals surface area contributed by atoms with Crippen LogP contribution in [0.25, 0.3) is 0 Å². The second kappa shape index (κ2) is 53.3. The van der Waals surface area contributed by atoms with E-state index in [2.05, 4.69) is 18.9 Å². The summed E-state index contributed by atoms with van der Waals surface area (Å²) < 4.78 is 0. The van der Waals surface area contributed by atoms with Gasteiger partial charge < -0.3 is 11.5 Å².